The number of ether oxygens (including phenoxy) is 1. The molecule has 0 N–H and O–H groups in total. The zero-order chi connectivity index (χ0) is 23.3. The first-order valence-electron chi connectivity index (χ1n) is 11.4. The predicted octanol–water partition coefficient (Wildman–Crippen LogP) is 5.20. The van der Waals surface area contributed by atoms with Gasteiger partial charge in [-0.25, -0.2) is 4.68 Å². The smallest absolute Gasteiger partial charge is 0.309 e. The molecule has 1 aliphatic heterocycles. The summed E-state index contributed by atoms with van der Waals surface area (Å²) in [6, 6.07) is 23.5. The van der Waals surface area contributed by atoms with E-state index in [9.17, 15) is 9.59 Å². The highest BCUT2D eigenvalue weighted by Gasteiger charge is 2.29. The second-order valence-electron chi connectivity index (χ2n) is 8.30. The molecule has 172 valence electrons. The van der Waals surface area contributed by atoms with Gasteiger partial charge < -0.3 is 9.64 Å². The third-order valence-electron chi connectivity index (χ3n) is 6.08. The van der Waals surface area contributed by atoms with E-state index in [1.807, 2.05) is 94.0 Å². The topological polar surface area (TPSA) is 64.4 Å². The Bertz CT molecular complexity index is 1250. The van der Waals surface area contributed by atoms with Crippen molar-refractivity contribution in [2.45, 2.75) is 19.4 Å². The monoisotopic (exact) mass is 471 g/mol. The Morgan fingerprint density at radius 3 is 2.32 bits per heavy atom. The van der Waals surface area contributed by atoms with E-state index in [0.29, 0.717) is 25.9 Å². The third-order valence-corrected chi connectivity index (χ3v) is 6.93. The summed E-state index contributed by atoms with van der Waals surface area (Å²) in [6.45, 7) is 1.29. The molecule has 1 saturated heterocycles. The van der Waals surface area contributed by atoms with Crippen molar-refractivity contribution < 1.29 is 14.3 Å². The Balaban J connectivity index is 1.25. The summed E-state index contributed by atoms with van der Waals surface area (Å²) in [5.41, 5.74) is 3.57. The van der Waals surface area contributed by atoms with E-state index >= 15 is 0 Å². The molecular weight excluding hydrogens is 446 g/mol. The molecule has 1 aliphatic rings. The highest BCUT2D eigenvalue weighted by molar-refractivity contribution is 7.12. The molecule has 2 aromatic heterocycles. The van der Waals surface area contributed by atoms with E-state index in [1.54, 1.807) is 0 Å². The summed E-state index contributed by atoms with van der Waals surface area (Å²) in [5, 5.41) is 6.68. The fourth-order valence-electron chi connectivity index (χ4n) is 4.21. The molecule has 1 amide bonds. The molecule has 0 spiro atoms. The number of hydrogen-bond acceptors (Lipinski definition) is 5. The maximum Gasteiger partial charge on any atom is 0.309 e. The summed E-state index contributed by atoms with van der Waals surface area (Å²) in [5.74, 6) is -0.367. The predicted molar refractivity (Wildman–Crippen MR) is 132 cm³/mol. The van der Waals surface area contributed by atoms with Crippen LogP contribution < -0.4 is 0 Å². The lowest BCUT2D eigenvalue weighted by atomic mass is 9.97. The number of benzene rings is 2. The minimum atomic E-state index is -0.213. The van der Waals surface area contributed by atoms with Crippen LogP contribution in [0.3, 0.4) is 0 Å². The van der Waals surface area contributed by atoms with Gasteiger partial charge in [0.2, 0.25) is 0 Å². The van der Waals surface area contributed by atoms with Gasteiger partial charge in [0.25, 0.3) is 5.91 Å². The molecule has 5 rings (SSSR count). The van der Waals surface area contributed by atoms with E-state index in [2.05, 4.69) is 0 Å². The van der Waals surface area contributed by atoms with Gasteiger partial charge in [-0.15, -0.1) is 11.3 Å². The lowest BCUT2D eigenvalue weighted by Crippen LogP contribution is -2.40. The molecule has 0 bridgehead atoms. The molecule has 0 saturated carbocycles. The maximum absolute atomic E-state index is 12.9. The molecular formula is C27H25N3O3S. The number of amides is 1. The number of likely N-dealkylation sites (tertiary alicyclic amines) is 1. The Morgan fingerprint density at radius 2 is 1.65 bits per heavy atom. The Hall–Kier alpha value is -3.71. The first-order chi connectivity index (χ1) is 16.7. The molecule has 0 atom stereocenters. The average molecular weight is 472 g/mol. The van der Waals surface area contributed by atoms with Crippen LogP contribution in [-0.4, -0.2) is 39.6 Å². The summed E-state index contributed by atoms with van der Waals surface area (Å²) in [4.78, 5) is 28.0. The van der Waals surface area contributed by atoms with Crippen molar-refractivity contribution in [1.29, 1.82) is 0 Å². The van der Waals surface area contributed by atoms with Gasteiger partial charge in [0.05, 0.1) is 22.2 Å². The standard InChI is InChI=1S/C27H25N3O3S/c31-26(24-12-7-17-34-24)29-15-13-21(14-16-29)27(32)33-19-22-18-30(23-10-5-2-6-11-23)28-25(22)20-8-3-1-4-9-20/h1-12,17-18,21H,13-16,19H2. The van der Waals surface area contributed by atoms with Crippen molar-refractivity contribution in [2.75, 3.05) is 13.1 Å². The van der Waals surface area contributed by atoms with Gasteiger partial charge in [0.1, 0.15) is 6.61 Å². The molecule has 3 heterocycles. The number of esters is 1. The van der Waals surface area contributed by atoms with Crippen molar-refractivity contribution >= 4 is 23.2 Å². The van der Waals surface area contributed by atoms with Crippen molar-refractivity contribution in [3.05, 3.63) is 94.8 Å². The summed E-state index contributed by atoms with van der Waals surface area (Å²) < 4.78 is 7.57. The molecule has 0 aliphatic carbocycles. The van der Waals surface area contributed by atoms with E-state index < -0.39 is 0 Å². The van der Waals surface area contributed by atoms with Crippen molar-refractivity contribution in [2.24, 2.45) is 5.92 Å². The quantitative estimate of drug-likeness (QED) is 0.363. The number of rotatable bonds is 6. The Labute approximate surface area is 202 Å². The number of carbonyl (C=O) groups is 2. The van der Waals surface area contributed by atoms with Crippen molar-refractivity contribution in [3.63, 3.8) is 0 Å². The fraction of sp³-hybridized carbons (Fsp3) is 0.222. The number of carbonyl (C=O) groups excluding carboxylic acids is 2. The molecule has 6 nitrogen and oxygen atoms in total. The van der Waals surface area contributed by atoms with E-state index in [1.165, 1.54) is 11.3 Å². The second kappa shape index (κ2) is 10.1. The van der Waals surface area contributed by atoms with Crippen molar-refractivity contribution in [1.82, 2.24) is 14.7 Å². The Morgan fingerprint density at radius 1 is 0.941 bits per heavy atom. The van der Waals surface area contributed by atoms with Gasteiger partial charge in [-0.1, -0.05) is 54.6 Å². The van der Waals surface area contributed by atoms with Crippen LogP contribution >= 0.6 is 11.3 Å². The highest BCUT2D eigenvalue weighted by Crippen LogP contribution is 2.26. The van der Waals surface area contributed by atoms with Gasteiger partial charge >= 0.3 is 5.97 Å². The van der Waals surface area contributed by atoms with Crippen LogP contribution in [0.4, 0.5) is 0 Å². The minimum Gasteiger partial charge on any atom is -0.460 e. The number of nitrogens with zero attached hydrogens (tertiary/aromatic N) is 3. The summed E-state index contributed by atoms with van der Waals surface area (Å²) in [6.07, 6.45) is 3.16. The largest absolute Gasteiger partial charge is 0.460 e. The van der Waals surface area contributed by atoms with E-state index in [4.69, 9.17) is 9.84 Å². The van der Waals surface area contributed by atoms with Crippen LogP contribution in [0.15, 0.2) is 84.4 Å². The van der Waals surface area contributed by atoms with Crippen LogP contribution in [-0.2, 0) is 16.1 Å². The van der Waals surface area contributed by atoms with Gasteiger partial charge in [0, 0.05) is 30.4 Å². The van der Waals surface area contributed by atoms with E-state index in [0.717, 1.165) is 27.4 Å². The number of thiophene rings is 1. The molecule has 2 aromatic carbocycles. The molecule has 4 aromatic rings. The zero-order valence-corrected chi connectivity index (χ0v) is 19.5. The summed E-state index contributed by atoms with van der Waals surface area (Å²) >= 11 is 1.45. The van der Waals surface area contributed by atoms with E-state index in [-0.39, 0.29) is 24.4 Å². The number of piperidine rings is 1. The van der Waals surface area contributed by atoms with Gasteiger partial charge in [-0.3, -0.25) is 9.59 Å². The number of aromatic nitrogens is 2. The first-order valence-corrected chi connectivity index (χ1v) is 12.3. The van der Waals surface area contributed by atoms with Crippen molar-refractivity contribution in [3.8, 4) is 16.9 Å². The first kappa shape index (κ1) is 22.1. The molecule has 1 fully saturated rings. The van der Waals surface area contributed by atoms with Gasteiger partial charge in [0.15, 0.2) is 0 Å². The molecule has 0 unspecified atom stereocenters. The lowest BCUT2D eigenvalue weighted by molar-refractivity contribution is -0.151. The van der Waals surface area contributed by atoms with Crippen LogP contribution in [0.5, 0.6) is 0 Å². The second-order valence-corrected chi connectivity index (χ2v) is 9.25. The molecule has 0 radical (unpaired) electrons. The maximum atomic E-state index is 12.9. The van der Waals surface area contributed by atoms with Crippen LogP contribution in [0.2, 0.25) is 0 Å². The van der Waals surface area contributed by atoms with Gasteiger partial charge in [-0.2, -0.15) is 5.10 Å². The molecule has 7 heteroatoms. The highest BCUT2D eigenvalue weighted by atomic mass is 32.1. The van der Waals surface area contributed by atoms with Gasteiger partial charge in [-0.05, 0) is 36.4 Å². The number of hydrogen-bond donors (Lipinski definition) is 0. The number of para-hydroxylation sites is 1. The zero-order valence-electron chi connectivity index (χ0n) is 18.7. The summed E-state index contributed by atoms with van der Waals surface area (Å²) in [7, 11) is 0. The van der Waals surface area contributed by atoms with Crippen LogP contribution in [0.1, 0.15) is 28.1 Å². The fourth-order valence-corrected chi connectivity index (χ4v) is 4.90. The lowest BCUT2D eigenvalue weighted by Gasteiger charge is -2.30. The third kappa shape index (κ3) is 4.79. The SMILES string of the molecule is O=C(OCc1cn(-c2ccccc2)nc1-c1ccccc1)C1CCN(C(=O)c2cccs2)CC1. The normalized spacial score (nSPS) is 14.2. The van der Waals surface area contributed by atoms with Crippen LogP contribution in [0.25, 0.3) is 16.9 Å². The van der Waals surface area contributed by atoms with Crippen LogP contribution in [0, 0.1) is 5.92 Å². The minimum absolute atomic E-state index is 0.0441. The average Bonchev–Trinajstić information content (AvgIpc) is 3.59. The Kier molecular flexibility index (Phi) is 6.53. The molecule has 34 heavy (non-hydrogen) atoms.